The maximum absolute atomic E-state index is 2.62. The molecule has 3 aliphatic rings. The van der Waals surface area contributed by atoms with Crippen LogP contribution in [0.2, 0.25) is 0 Å². The van der Waals surface area contributed by atoms with E-state index in [0.29, 0.717) is 0 Å². The molecule has 2 nitrogen and oxygen atoms in total. The highest BCUT2D eigenvalue weighted by Crippen LogP contribution is 2.65. The summed E-state index contributed by atoms with van der Waals surface area (Å²) >= 11 is 0. The highest BCUT2D eigenvalue weighted by molar-refractivity contribution is 6.13. The van der Waals surface area contributed by atoms with Crippen LogP contribution < -0.4 is 4.90 Å². The summed E-state index contributed by atoms with van der Waals surface area (Å²) in [5, 5.41) is 2.55. The van der Waals surface area contributed by atoms with E-state index in [1.807, 2.05) is 0 Å². The second kappa shape index (κ2) is 14.8. The van der Waals surface area contributed by atoms with Crippen molar-refractivity contribution < 1.29 is 0 Å². The smallest absolute Gasteiger partial charge is 0.0755 e. The van der Waals surface area contributed by atoms with Crippen LogP contribution in [-0.4, -0.2) is 4.57 Å². The van der Waals surface area contributed by atoms with Gasteiger partial charge >= 0.3 is 0 Å². The predicted molar refractivity (Wildman–Crippen MR) is 289 cm³/mol. The number of rotatable bonds is 6. The van der Waals surface area contributed by atoms with E-state index in [1.165, 1.54) is 105 Å². The molecule has 0 saturated carbocycles. The molecule has 2 aliphatic carbocycles. The third-order valence-corrected chi connectivity index (χ3v) is 15.9. The van der Waals surface area contributed by atoms with E-state index in [2.05, 4.69) is 276 Å². The maximum atomic E-state index is 2.62. The van der Waals surface area contributed by atoms with Crippen LogP contribution in [0.25, 0.3) is 60.9 Å². The van der Waals surface area contributed by atoms with Gasteiger partial charge in [0.25, 0.3) is 0 Å². The van der Waals surface area contributed by atoms with Crippen molar-refractivity contribution in [2.24, 2.45) is 0 Å². The summed E-state index contributed by atoms with van der Waals surface area (Å²) in [7, 11) is 0. The number of benzene rings is 11. The fourth-order valence-corrected chi connectivity index (χ4v) is 13.4. The Kier molecular flexibility index (Phi) is 8.24. The van der Waals surface area contributed by atoms with Gasteiger partial charge in [0.15, 0.2) is 0 Å². The number of hydrogen-bond donors (Lipinski definition) is 0. The van der Waals surface area contributed by atoms with Crippen LogP contribution >= 0.6 is 0 Å². The number of para-hydroxylation sites is 4. The van der Waals surface area contributed by atoms with Crippen molar-refractivity contribution in [2.45, 2.75) is 10.8 Å². The van der Waals surface area contributed by atoms with Crippen molar-refractivity contribution >= 4 is 38.9 Å². The monoisotopic (exact) mass is 888 g/mol. The number of nitrogens with zero attached hydrogens (tertiary/aromatic N) is 2. The van der Waals surface area contributed by atoms with Crippen LogP contribution in [0.5, 0.6) is 0 Å². The molecule has 0 amide bonds. The minimum atomic E-state index is -0.603. The molecule has 1 aromatic heterocycles. The fraction of sp³-hybridized carbons (Fsp3) is 0.0294. The second-order valence-corrected chi connectivity index (χ2v) is 19.0. The summed E-state index contributed by atoms with van der Waals surface area (Å²) in [6.07, 6.45) is 0. The van der Waals surface area contributed by atoms with Crippen LogP contribution in [0.15, 0.2) is 267 Å². The molecular formula is C68H44N2. The number of aromatic nitrogens is 1. The Hall–Kier alpha value is -8.98. The highest BCUT2D eigenvalue weighted by atomic mass is 15.2. The molecule has 2 heterocycles. The Bertz CT molecular complexity index is 4030. The average molecular weight is 889 g/mol. The first-order valence-electron chi connectivity index (χ1n) is 24.4. The lowest BCUT2D eigenvalue weighted by Crippen LogP contribution is -2.33. The molecule has 2 heteroatoms. The first-order valence-corrected chi connectivity index (χ1v) is 24.4. The third kappa shape index (κ3) is 4.97. The third-order valence-electron chi connectivity index (χ3n) is 15.9. The highest BCUT2D eigenvalue weighted by Gasteiger charge is 2.52. The lowest BCUT2D eigenvalue weighted by Gasteiger charge is -2.40. The van der Waals surface area contributed by atoms with Gasteiger partial charge in [0.05, 0.1) is 44.6 Å². The van der Waals surface area contributed by atoms with Crippen LogP contribution in [0.3, 0.4) is 0 Å². The zero-order chi connectivity index (χ0) is 46.0. The minimum Gasteiger partial charge on any atom is -0.309 e. The molecule has 70 heavy (non-hydrogen) atoms. The van der Waals surface area contributed by atoms with E-state index in [9.17, 15) is 0 Å². The van der Waals surface area contributed by atoms with Gasteiger partial charge in [0.1, 0.15) is 0 Å². The van der Waals surface area contributed by atoms with E-state index < -0.39 is 10.8 Å². The number of anilines is 3. The van der Waals surface area contributed by atoms with Gasteiger partial charge in [-0.1, -0.05) is 237 Å². The van der Waals surface area contributed by atoms with Crippen molar-refractivity contribution in [3.8, 4) is 39.1 Å². The quantitative estimate of drug-likeness (QED) is 0.161. The molecule has 1 aliphatic heterocycles. The molecule has 12 aromatic rings. The Morgan fingerprint density at radius 3 is 1.40 bits per heavy atom. The zero-order valence-electron chi connectivity index (χ0n) is 38.3. The van der Waals surface area contributed by atoms with Gasteiger partial charge in [-0.3, -0.25) is 0 Å². The van der Waals surface area contributed by atoms with Crippen LogP contribution in [-0.2, 0) is 10.8 Å². The van der Waals surface area contributed by atoms with E-state index >= 15 is 0 Å². The second-order valence-electron chi connectivity index (χ2n) is 19.0. The molecule has 1 atom stereocenters. The van der Waals surface area contributed by atoms with Gasteiger partial charge in [-0.05, 0) is 91.5 Å². The van der Waals surface area contributed by atoms with Gasteiger partial charge in [-0.15, -0.1) is 0 Å². The van der Waals surface area contributed by atoms with Crippen molar-refractivity contribution in [3.63, 3.8) is 0 Å². The molecule has 0 radical (unpaired) electrons. The predicted octanol–water partition coefficient (Wildman–Crippen LogP) is 17.0. The normalized spacial score (nSPS) is 15.3. The molecule has 0 fully saturated rings. The van der Waals surface area contributed by atoms with Crippen molar-refractivity contribution in [3.05, 3.63) is 311 Å². The van der Waals surface area contributed by atoms with E-state index in [0.717, 1.165) is 17.1 Å². The van der Waals surface area contributed by atoms with E-state index in [4.69, 9.17) is 0 Å². The van der Waals surface area contributed by atoms with Gasteiger partial charge in [0, 0.05) is 27.5 Å². The van der Waals surface area contributed by atoms with E-state index in [1.54, 1.807) is 0 Å². The molecular weight excluding hydrogens is 845 g/mol. The summed E-state index contributed by atoms with van der Waals surface area (Å²) in [5.41, 5.74) is 23.6. The molecule has 326 valence electrons. The summed E-state index contributed by atoms with van der Waals surface area (Å²) in [6, 6.07) is 99.9. The fourth-order valence-electron chi connectivity index (χ4n) is 13.4. The summed E-state index contributed by atoms with van der Waals surface area (Å²) < 4.78 is 2.53. The van der Waals surface area contributed by atoms with Crippen molar-refractivity contribution in [2.75, 3.05) is 4.90 Å². The van der Waals surface area contributed by atoms with Crippen molar-refractivity contribution in [1.82, 2.24) is 4.57 Å². The largest absolute Gasteiger partial charge is 0.309 e. The summed E-state index contributed by atoms with van der Waals surface area (Å²) in [4.78, 5) is 2.62. The van der Waals surface area contributed by atoms with Crippen LogP contribution in [0.4, 0.5) is 17.1 Å². The van der Waals surface area contributed by atoms with Gasteiger partial charge in [-0.2, -0.15) is 0 Å². The molecule has 0 saturated heterocycles. The molecule has 11 aromatic carbocycles. The first kappa shape index (κ1) is 39.1. The maximum Gasteiger partial charge on any atom is 0.0755 e. The standard InChI is InChI=1S/C68H44N2/c1-4-23-45(24-5-1)48-29-12-17-40-59(48)69(62-43-21-37-56-64(62)51-31-10-14-34-53(51)67(56,46-25-6-2-7-26-46)47-27-8-3-9-28-47)63-44-22-38-57-65(63)52-32-11-15-35-54(52)68(57)55-36-16-19-42-61(55)70-60-41-18-13-30-49(60)50-33-20-39-58(68)66(50)70/h1-44H. The minimum absolute atomic E-state index is 0.562. The Balaban J connectivity index is 1.09. The number of fused-ring (bicyclic) bond motifs is 15. The molecule has 0 bridgehead atoms. The lowest BCUT2D eigenvalue weighted by atomic mass is 9.65. The first-order chi connectivity index (χ1) is 34.8. The zero-order valence-corrected chi connectivity index (χ0v) is 38.3. The lowest BCUT2D eigenvalue weighted by molar-refractivity contribution is 0.748. The SMILES string of the molecule is c1ccc(-c2ccccc2N(c2cccc3c2-c2ccccc2C3(c2ccccc2)c2ccccc2)c2cccc3c2-c2ccccc2C32c3ccccc3-n3c4ccccc4c4cccc2c43)cc1. The average Bonchev–Trinajstić information content (AvgIpc) is 4.05. The molecule has 15 rings (SSSR count). The summed E-state index contributed by atoms with van der Waals surface area (Å²) in [5.74, 6) is 0. The van der Waals surface area contributed by atoms with Gasteiger partial charge in [-0.25, -0.2) is 0 Å². The number of hydrogen-bond acceptors (Lipinski definition) is 1. The topological polar surface area (TPSA) is 8.17 Å². The van der Waals surface area contributed by atoms with Crippen LogP contribution in [0.1, 0.15) is 44.5 Å². The van der Waals surface area contributed by atoms with Crippen LogP contribution in [0, 0.1) is 0 Å². The summed E-state index contributed by atoms with van der Waals surface area (Å²) in [6.45, 7) is 0. The van der Waals surface area contributed by atoms with E-state index in [-0.39, 0.29) is 0 Å². The van der Waals surface area contributed by atoms with Gasteiger partial charge in [0.2, 0.25) is 0 Å². The molecule has 1 unspecified atom stereocenters. The Morgan fingerprint density at radius 1 is 0.286 bits per heavy atom. The molecule has 0 N–H and O–H groups in total. The Labute approximate surface area is 407 Å². The van der Waals surface area contributed by atoms with Gasteiger partial charge < -0.3 is 9.47 Å². The Morgan fingerprint density at radius 2 is 0.729 bits per heavy atom. The van der Waals surface area contributed by atoms with Crippen molar-refractivity contribution in [1.29, 1.82) is 0 Å². The molecule has 1 spiro atoms.